The van der Waals surface area contributed by atoms with Crippen molar-refractivity contribution in [1.29, 1.82) is 0 Å². The van der Waals surface area contributed by atoms with Crippen LogP contribution in [0.15, 0.2) is 413 Å². The molecule has 0 spiro atoms. The minimum Gasteiger partial charge on any atom is -0.248 e. The molecule has 6 aromatic heterocycles. The molecule has 23 rings (SSSR count). The monoisotopic (exact) mass is 1470 g/mol. The number of aromatic nitrogens is 6. The molecule has 6 heterocycles. The van der Waals surface area contributed by atoms with Crippen molar-refractivity contribution in [1.82, 2.24) is 29.9 Å². The van der Waals surface area contributed by atoms with E-state index in [9.17, 15) is 0 Å². The second kappa shape index (κ2) is 28.4. The van der Waals surface area contributed by atoms with E-state index in [1.165, 1.54) is 70.9 Å². The molecule has 538 valence electrons. The fraction of sp³-hybridized carbons (Fsp3) is 0. The Balaban J connectivity index is 0.000000141. The summed E-state index contributed by atoms with van der Waals surface area (Å²) in [5.74, 6) is 0. The number of hydrogen-bond donors (Lipinski definition) is 0. The topological polar surface area (TPSA) is 77.3 Å². The number of rotatable bonds is 10. The molecule has 17 aromatic carbocycles. The first-order chi connectivity index (χ1) is 57.4. The lowest BCUT2D eigenvalue weighted by Crippen LogP contribution is -1.93. The summed E-state index contributed by atoms with van der Waals surface area (Å²) in [6.45, 7) is 0. The van der Waals surface area contributed by atoms with Gasteiger partial charge in [0.05, 0.1) is 67.3 Å². The van der Waals surface area contributed by atoms with Crippen LogP contribution < -0.4 is 0 Å². The highest BCUT2D eigenvalue weighted by Crippen LogP contribution is 2.43. The molecular formula is C110H68N6. The summed E-state index contributed by atoms with van der Waals surface area (Å²) in [5, 5.41) is 18.6. The molecule has 0 N–H and O–H groups in total. The van der Waals surface area contributed by atoms with E-state index in [2.05, 4.69) is 413 Å². The van der Waals surface area contributed by atoms with E-state index in [0.717, 1.165) is 160 Å². The van der Waals surface area contributed by atoms with Gasteiger partial charge in [-0.05, 0) is 172 Å². The van der Waals surface area contributed by atoms with Crippen LogP contribution in [0.1, 0.15) is 0 Å². The molecule has 6 nitrogen and oxygen atoms in total. The van der Waals surface area contributed by atoms with E-state index in [0.29, 0.717) is 0 Å². The number of nitrogens with zero attached hydrogens (tertiary/aromatic N) is 6. The molecule has 0 bridgehead atoms. The first-order valence-electron chi connectivity index (χ1n) is 39.4. The lowest BCUT2D eigenvalue weighted by atomic mass is 9.95. The fourth-order valence-electron chi connectivity index (χ4n) is 17.0. The van der Waals surface area contributed by atoms with Crippen molar-refractivity contribution in [3.63, 3.8) is 0 Å². The maximum Gasteiger partial charge on any atom is 0.0978 e. The number of para-hydroxylation sites is 2. The van der Waals surface area contributed by atoms with Gasteiger partial charge in [0, 0.05) is 76.8 Å². The van der Waals surface area contributed by atoms with E-state index in [1.54, 1.807) is 0 Å². The van der Waals surface area contributed by atoms with Gasteiger partial charge in [-0.1, -0.05) is 328 Å². The average Bonchev–Trinajstić information content (AvgIpc) is 0.743. The van der Waals surface area contributed by atoms with Crippen molar-refractivity contribution < 1.29 is 0 Å². The standard InChI is InChI=1S/C57H35N3.C53H33N3/c1-2-12-38(13-3-1)55-49-16-8-9-17-52(49)60-57-50(55)28-26-39-27-29-51(59-56(39)57)45-24-21-43-33-47(25-22-42(43)32-45)54-35-48(44-20-18-36-10-4-6-14-40(36)30-44)34-53(58-54)46-23-19-37-11-5-7-15-41(37)31-46;1-2-12-38(13-3-1)51-45-16-8-9-17-48(45)56-53-46(51)28-26-39-27-29-47(55-52(39)53)36-20-22-37(23-21-36)49-32-44(42-24-18-34-10-4-6-14-40(34)30-42)33-50(54-49)43-25-19-35-11-5-7-15-41(35)31-43/h1-35H;1-33H. The van der Waals surface area contributed by atoms with Crippen LogP contribution >= 0.6 is 0 Å². The number of fused-ring (bicyclic) bond motifs is 13. The predicted molar refractivity (Wildman–Crippen MR) is 487 cm³/mol. The number of hydrogen-bond acceptors (Lipinski definition) is 6. The Labute approximate surface area is 669 Å². The molecule has 116 heavy (non-hydrogen) atoms. The maximum absolute atomic E-state index is 5.33. The summed E-state index contributed by atoms with van der Waals surface area (Å²) in [7, 11) is 0. The van der Waals surface area contributed by atoms with E-state index in [4.69, 9.17) is 29.9 Å². The van der Waals surface area contributed by atoms with Gasteiger partial charge >= 0.3 is 0 Å². The Bertz CT molecular complexity index is 7700. The van der Waals surface area contributed by atoms with Gasteiger partial charge in [-0.2, -0.15) is 0 Å². The largest absolute Gasteiger partial charge is 0.248 e. The Morgan fingerprint density at radius 1 is 0.121 bits per heavy atom. The van der Waals surface area contributed by atoms with Crippen LogP contribution in [-0.4, -0.2) is 29.9 Å². The van der Waals surface area contributed by atoms with Gasteiger partial charge in [0.25, 0.3) is 0 Å². The highest BCUT2D eigenvalue weighted by atomic mass is 14.8. The molecule has 0 aliphatic carbocycles. The van der Waals surface area contributed by atoms with Gasteiger partial charge < -0.3 is 0 Å². The Morgan fingerprint density at radius 3 is 0.784 bits per heavy atom. The van der Waals surface area contributed by atoms with E-state index in [1.807, 2.05) is 0 Å². The highest BCUT2D eigenvalue weighted by Gasteiger charge is 2.20. The zero-order valence-corrected chi connectivity index (χ0v) is 62.9. The quantitative estimate of drug-likeness (QED) is 0.100. The average molecular weight is 1470 g/mol. The molecule has 0 aliphatic rings. The molecule has 0 unspecified atom stereocenters. The Morgan fingerprint density at radius 2 is 0.388 bits per heavy atom. The Hall–Kier alpha value is -15.5. The summed E-state index contributed by atoms with van der Waals surface area (Å²) in [4.78, 5) is 31.7. The molecule has 0 amide bonds. The van der Waals surface area contributed by atoms with Crippen molar-refractivity contribution in [2.24, 2.45) is 0 Å². The van der Waals surface area contributed by atoms with Crippen molar-refractivity contribution in [3.05, 3.63) is 413 Å². The van der Waals surface area contributed by atoms with Gasteiger partial charge in [0.1, 0.15) is 0 Å². The van der Waals surface area contributed by atoms with Gasteiger partial charge in [0.2, 0.25) is 0 Å². The first kappa shape index (κ1) is 67.4. The predicted octanol–water partition coefficient (Wildman–Crippen LogP) is 29.1. The fourth-order valence-corrected chi connectivity index (χ4v) is 17.0. The van der Waals surface area contributed by atoms with Gasteiger partial charge in [-0.15, -0.1) is 0 Å². The number of benzene rings is 17. The summed E-state index contributed by atoms with van der Waals surface area (Å²) in [5.41, 5.74) is 26.9. The van der Waals surface area contributed by atoms with E-state index in [-0.39, 0.29) is 0 Å². The van der Waals surface area contributed by atoms with Crippen molar-refractivity contribution in [3.8, 4) is 112 Å². The van der Waals surface area contributed by atoms with Gasteiger partial charge in [-0.25, -0.2) is 29.9 Å². The molecular weight excluding hydrogens is 1410 g/mol. The molecule has 23 aromatic rings. The third-order valence-electron chi connectivity index (χ3n) is 23.0. The SMILES string of the molecule is c1ccc(-c2c3ccccc3nc3c2ccc2ccc(-c4ccc(-c5cc(-c6ccc7ccccc7c6)cc(-c6ccc7ccccc7c6)n5)cc4)nc23)cc1.c1ccc(-c2c3ccccc3nc3c2ccc2ccc(-c4ccc5cc(-c6cc(-c7ccc8ccccc8c7)cc(-c7ccc8ccccc8c7)n6)ccc5c4)nc23)cc1. The van der Waals surface area contributed by atoms with Crippen molar-refractivity contribution in [2.75, 3.05) is 0 Å². The second-order valence-corrected chi connectivity index (χ2v) is 30.1. The van der Waals surface area contributed by atoms with Crippen LogP contribution in [0.4, 0.5) is 0 Å². The van der Waals surface area contributed by atoms with E-state index >= 15 is 0 Å². The second-order valence-electron chi connectivity index (χ2n) is 30.1. The molecule has 0 radical (unpaired) electrons. The first-order valence-corrected chi connectivity index (χ1v) is 39.4. The van der Waals surface area contributed by atoms with Crippen LogP contribution in [0.3, 0.4) is 0 Å². The zero-order chi connectivity index (χ0) is 76.6. The molecule has 0 atom stereocenters. The molecule has 0 aliphatic heterocycles. The number of pyridine rings is 6. The lowest BCUT2D eigenvalue weighted by molar-refractivity contribution is 1.32. The lowest BCUT2D eigenvalue weighted by Gasteiger charge is -2.13. The summed E-state index contributed by atoms with van der Waals surface area (Å²) >= 11 is 0. The molecule has 6 heteroatoms. The van der Waals surface area contributed by atoms with Gasteiger partial charge in [-0.3, -0.25) is 0 Å². The normalized spacial score (nSPS) is 11.6. The third-order valence-corrected chi connectivity index (χ3v) is 23.0. The zero-order valence-electron chi connectivity index (χ0n) is 62.9. The van der Waals surface area contributed by atoms with Crippen LogP contribution in [-0.2, 0) is 0 Å². The Kier molecular flexibility index (Phi) is 16.5. The van der Waals surface area contributed by atoms with E-state index < -0.39 is 0 Å². The highest BCUT2D eigenvalue weighted by molar-refractivity contribution is 6.18. The van der Waals surface area contributed by atoms with Crippen LogP contribution in [0.25, 0.3) is 231 Å². The molecule has 0 saturated carbocycles. The van der Waals surface area contributed by atoms with Crippen LogP contribution in [0.2, 0.25) is 0 Å². The van der Waals surface area contributed by atoms with Crippen LogP contribution in [0, 0.1) is 0 Å². The van der Waals surface area contributed by atoms with Crippen molar-refractivity contribution in [2.45, 2.75) is 0 Å². The summed E-state index contributed by atoms with van der Waals surface area (Å²) < 4.78 is 0. The molecule has 0 fully saturated rings. The maximum atomic E-state index is 5.33. The van der Waals surface area contributed by atoms with Crippen LogP contribution in [0.5, 0.6) is 0 Å². The van der Waals surface area contributed by atoms with Crippen molar-refractivity contribution >= 4 is 119 Å². The molecule has 0 saturated heterocycles. The minimum absolute atomic E-state index is 0.900. The van der Waals surface area contributed by atoms with Gasteiger partial charge in [0.15, 0.2) is 0 Å². The summed E-state index contributed by atoms with van der Waals surface area (Å²) in [6, 6.07) is 147. The summed E-state index contributed by atoms with van der Waals surface area (Å²) in [6.07, 6.45) is 0. The third kappa shape index (κ3) is 12.4. The minimum atomic E-state index is 0.900. The smallest absolute Gasteiger partial charge is 0.0978 e.